The summed E-state index contributed by atoms with van der Waals surface area (Å²) in [4.78, 5) is 9.37. The van der Waals surface area contributed by atoms with E-state index in [4.69, 9.17) is 25.1 Å². The zero-order valence-corrected chi connectivity index (χ0v) is 58.3. The van der Waals surface area contributed by atoms with Crippen molar-refractivity contribution in [2.75, 3.05) is 0 Å². The average molecular weight is 1260 g/mol. The Hall–Kier alpha value is -1.60. The SMILES string of the molecule is O=S(=O)([O-])Oc1c2ccccc2c(OS(=O)(=O)[O-])c2c3c(ccc12)-c1c2c(c4c(OS(=O)(=O)[O-])c5ccccc5c(OS(=O)(=O)[O-])c4c1=N3)=Nc1c-2ccc2c(OS(=O)(=O)[O-])c3ccccc3c(OS(=O)(=O)[O-])c12.[Na+].[Na+].[Na+].[Na+].[Na+].[Na+]. The number of hydrogen-bond donors (Lipinski definition) is 0. The second-order valence-electron chi connectivity index (χ2n) is 15.8. The molecule has 0 fully saturated rings. The van der Waals surface area contributed by atoms with E-state index in [9.17, 15) is 77.8 Å². The molecule has 9 aromatic carbocycles. The molecule has 2 aliphatic heterocycles. The minimum atomic E-state index is -5.92. The Kier molecular flexibility index (Phi) is 21.0. The van der Waals surface area contributed by atoms with Crippen molar-refractivity contribution in [3.05, 3.63) is 108 Å². The van der Waals surface area contributed by atoms with Crippen molar-refractivity contribution >= 4 is 138 Å². The van der Waals surface area contributed by atoms with Gasteiger partial charge in [0.05, 0.1) is 43.6 Å². The van der Waals surface area contributed by atoms with E-state index in [1.54, 1.807) is 0 Å². The smallest absolute Gasteiger partial charge is 0.716 e. The summed E-state index contributed by atoms with van der Waals surface area (Å²) in [5.41, 5.74) is -2.15. The van der Waals surface area contributed by atoms with Crippen LogP contribution < -0.4 is 213 Å². The molecule has 0 bridgehead atoms. The van der Waals surface area contributed by atoms with E-state index >= 15 is 0 Å². The molecule has 0 saturated heterocycles. The van der Waals surface area contributed by atoms with Gasteiger partial charge in [-0.25, -0.2) is 60.5 Å². The van der Waals surface area contributed by atoms with E-state index in [-0.39, 0.29) is 210 Å². The zero-order chi connectivity index (χ0) is 53.0. The molecule has 0 atom stereocenters. The fourth-order valence-corrected chi connectivity index (χ4v) is 11.7. The van der Waals surface area contributed by atoms with Gasteiger partial charge in [0, 0.05) is 65.3 Å². The number of fused-ring (bicyclic) bond motifs is 17. The molecule has 80 heavy (non-hydrogen) atoms. The molecular weight excluding hydrogens is 1250 g/mol. The summed E-state index contributed by atoms with van der Waals surface area (Å²) in [7, 11) is -34.9. The first-order valence-electron chi connectivity index (χ1n) is 19.9. The fraction of sp³-hybridized carbons (Fsp3) is 0. The van der Waals surface area contributed by atoms with Gasteiger partial charge in [0.1, 0.15) is 0 Å². The molecule has 0 unspecified atom stereocenters. The van der Waals surface area contributed by atoms with Crippen LogP contribution in [0.15, 0.2) is 107 Å². The molecule has 9 aromatic rings. The number of benzene rings is 9. The summed E-state index contributed by atoms with van der Waals surface area (Å²) in [6.45, 7) is 0. The van der Waals surface area contributed by atoms with Crippen LogP contribution in [0, 0.1) is 0 Å². The summed E-state index contributed by atoms with van der Waals surface area (Å²) < 4.78 is 255. The Morgan fingerprint density at radius 2 is 0.487 bits per heavy atom. The molecule has 11 rings (SSSR count). The molecule has 2 heterocycles. The Morgan fingerprint density at radius 3 is 0.725 bits per heavy atom. The van der Waals surface area contributed by atoms with Gasteiger partial charge in [-0.3, -0.25) is 0 Å². The molecule has 0 aromatic heterocycles. The number of hydrogen-bond acceptors (Lipinski definition) is 26. The topological polar surface area (TPSA) is 423 Å². The Bertz CT molecular complexity index is 4730. The molecular formula is C42H16N2Na6O24S6. The van der Waals surface area contributed by atoms with Crippen molar-refractivity contribution < 1.29 is 280 Å². The predicted octanol–water partition coefficient (Wildman–Crippen LogP) is -14.5. The Morgan fingerprint density at radius 1 is 0.275 bits per heavy atom. The van der Waals surface area contributed by atoms with Gasteiger partial charge >= 0.3 is 177 Å². The maximum atomic E-state index is 12.7. The Balaban J connectivity index is 0.00000196. The number of nitrogens with zero attached hydrogens (tertiary/aromatic N) is 2. The van der Waals surface area contributed by atoms with Crippen LogP contribution in [0.1, 0.15) is 0 Å². The van der Waals surface area contributed by atoms with Crippen LogP contribution in [0.4, 0.5) is 11.4 Å². The van der Waals surface area contributed by atoms with Crippen LogP contribution in [0.3, 0.4) is 0 Å². The maximum absolute atomic E-state index is 12.7. The summed E-state index contributed by atoms with van der Waals surface area (Å²) in [5.74, 6) is -5.21. The molecule has 0 amide bonds. The van der Waals surface area contributed by atoms with Crippen LogP contribution in [0.2, 0.25) is 0 Å². The van der Waals surface area contributed by atoms with Gasteiger partial charge in [-0.05, 0) is 12.1 Å². The van der Waals surface area contributed by atoms with E-state index < -0.39 is 173 Å². The first-order valence-corrected chi connectivity index (χ1v) is 27.9. The number of rotatable bonds is 12. The fourth-order valence-electron chi connectivity index (χ4n) is 9.40. The van der Waals surface area contributed by atoms with Gasteiger partial charge in [0.15, 0.2) is 34.5 Å². The monoisotopic (exact) mass is 1260 g/mol. The van der Waals surface area contributed by atoms with Crippen molar-refractivity contribution in [1.29, 1.82) is 0 Å². The molecule has 380 valence electrons. The third kappa shape index (κ3) is 12.9. The van der Waals surface area contributed by atoms with Crippen molar-refractivity contribution in [3.63, 3.8) is 0 Å². The van der Waals surface area contributed by atoms with Gasteiger partial charge in [-0.15, -0.1) is 0 Å². The van der Waals surface area contributed by atoms with Crippen molar-refractivity contribution in [2.24, 2.45) is 9.98 Å². The van der Waals surface area contributed by atoms with Gasteiger partial charge < -0.3 is 52.4 Å². The van der Waals surface area contributed by atoms with Crippen molar-refractivity contribution in [2.45, 2.75) is 0 Å². The molecule has 0 aliphatic carbocycles. The summed E-state index contributed by atoms with van der Waals surface area (Å²) >= 11 is 0. The van der Waals surface area contributed by atoms with Gasteiger partial charge in [0.25, 0.3) is 62.4 Å². The first kappa shape index (κ1) is 69.2. The minimum absolute atomic E-state index is 0. The van der Waals surface area contributed by atoms with E-state index in [1.165, 1.54) is 36.4 Å². The second kappa shape index (κ2) is 24.3. The summed E-state index contributed by atoms with van der Waals surface area (Å²) in [6.07, 6.45) is 0. The second-order valence-corrected chi connectivity index (χ2v) is 21.6. The van der Waals surface area contributed by atoms with Gasteiger partial charge in [0.2, 0.25) is 0 Å². The van der Waals surface area contributed by atoms with Crippen molar-refractivity contribution in [3.8, 4) is 56.8 Å². The summed E-state index contributed by atoms with van der Waals surface area (Å²) in [6, 6.07) is 18.8. The van der Waals surface area contributed by atoms with Gasteiger partial charge in [-0.1, -0.05) is 84.9 Å². The van der Waals surface area contributed by atoms with E-state index in [1.807, 2.05) is 0 Å². The first-order chi connectivity index (χ1) is 34.5. The van der Waals surface area contributed by atoms with E-state index in [0.29, 0.717) is 0 Å². The molecule has 2 aliphatic rings. The summed E-state index contributed by atoms with van der Waals surface area (Å²) in [5, 5.41) is -7.26. The molecule has 26 nitrogen and oxygen atoms in total. The quantitative estimate of drug-likeness (QED) is 0.0474. The zero-order valence-electron chi connectivity index (χ0n) is 41.4. The van der Waals surface area contributed by atoms with E-state index in [0.717, 1.165) is 60.7 Å². The molecule has 0 radical (unpaired) electrons. The average Bonchev–Trinajstić information content (AvgIpc) is 3.86. The largest absolute Gasteiger partial charge is 1.00 e. The third-order valence-corrected chi connectivity index (χ3v) is 13.8. The van der Waals surface area contributed by atoms with Crippen molar-refractivity contribution in [1.82, 2.24) is 0 Å². The standard InChI is InChI=1S/C42H22N2O24S6.6Na/c45-69(46,47)63-37-17-7-1-3-9-19(17)39(65-71(51,52)53)29-25(37)15-13-23-27-28-24-14-16-26-30(40(66-72(54,55)56)20-10-4-2-8-18(20)38(26)64-70(48,49)50)34(24)44-36(28)32-31(35(27)43-33(23)29)41(67-73(57,58)59)21-11-5-6-12-22(21)42(32)68-74(60,61)62;;;;;;/h1-16H,(H,45,46,47)(H,48,49,50)(H,51,52,53)(H,54,55,56)(H,57,58,59)(H,60,61,62);;;;;;/q;6*+1/p-6. The predicted molar refractivity (Wildman–Crippen MR) is 246 cm³/mol. The maximum Gasteiger partial charge on any atom is 1.00 e. The molecule has 38 heteroatoms. The van der Waals surface area contributed by atoms with Crippen LogP contribution >= 0.6 is 0 Å². The molecule has 0 spiro atoms. The minimum Gasteiger partial charge on any atom is -0.716 e. The third-order valence-electron chi connectivity index (χ3n) is 11.5. The van der Waals surface area contributed by atoms with Crippen LogP contribution in [-0.4, -0.2) is 77.8 Å². The molecule has 0 saturated carbocycles. The van der Waals surface area contributed by atoms with Crippen LogP contribution in [0.5, 0.6) is 34.5 Å². The normalized spacial score (nSPS) is 12.6. The van der Waals surface area contributed by atoms with Crippen LogP contribution in [0.25, 0.3) is 86.9 Å². The Labute approximate surface area is 584 Å². The molecule has 0 N–H and O–H groups in total. The van der Waals surface area contributed by atoms with Crippen LogP contribution in [-0.2, 0) is 62.4 Å². The van der Waals surface area contributed by atoms with E-state index in [2.05, 4.69) is 9.98 Å². The van der Waals surface area contributed by atoms with Gasteiger partial charge in [-0.2, -0.15) is 0 Å².